The van der Waals surface area contributed by atoms with Crippen LogP contribution in [0.4, 0.5) is 0 Å². The van der Waals surface area contributed by atoms with Crippen molar-refractivity contribution in [3.8, 4) is 11.4 Å². The zero-order valence-corrected chi connectivity index (χ0v) is 17.9. The monoisotopic (exact) mass is 461 g/mol. The van der Waals surface area contributed by atoms with Gasteiger partial charge >= 0.3 is 0 Å². The van der Waals surface area contributed by atoms with Crippen LogP contribution >= 0.6 is 15.9 Å². The molecule has 0 N–H and O–H groups in total. The van der Waals surface area contributed by atoms with Crippen LogP contribution in [0, 0.1) is 0 Å². The Kier molecular flexibility index (Phi) is 5.09. The van der Waals surface area contributed by atoms with E-state index in [1.807, 2.05) is 71.6 Å². The molecule has 0 atom stereocenters. The Bertz CT molecular complexity index is 1190. The first-order chi connectivity index (χ1) is 14.7. The average Bonchev–Trinajstić information content (AvgIpc) is 3.29. The van der Waals surface area contributed by atoms with E-state index in [1.54, 1.807) is 0 Å². The number of carbonyl (C=O) groups excluding carboxylic acids is 1. The fraction of sp³-hybridized carbons (Fsp3) is 0.208. The highest BCUT2D eigenvalue weighted by Gasteiger charge is 2.28. The van der Waals surface area contributed by atoms with E-state index in [4.69, 9.17) is 4.52 Å². The fourth-order valence-electron chi connectivity index (χ4n) is 4.03. The third-order valence-electron chi connectivity index (χ3n) is 5.70. The van der Waals surface area contributed by atoms with Crippen LogP contribution < -0.4 is 0 Å². The Morgan fingerprint density at radius 1 is 0.967 bits per heavy atom. The molecule has 0 aliphatic carbocycles. The molecular formula is C24H20BrN3O2. The zero-order valence-electron chi connectivity index (χ0n) is 16.3. The highest BCUT2D eigenvalue weighted by Crippen LogP contribution is 2.30. The van der Waals surface area contributed by atoms with Crippen LogP contribution in [0.1, 0.15) is 35.0 Å². The Hall–Kier alpha value is -2.99. The molecule has 0 bridgehead atoms. The average molecular weight is 462 g/mol. The minimum atomic E-state index is 0.0892. The summed E-state index contributed by atoms with van der Waals surface area (Å²) in [5, 5.41) is 6.24. The second-order valence-electron chi connectivity index (χ2n) is 7.56. The van der Waals surface area contributed by atoms with Gasteiger partial charge in [0.15, 0.2) is 0 Å². The van der Waals surface area contributed by atoms with E-state index in [0.29, 0.717) is 24.8 Å². The second kappa shape index (κ2) is 8.03. The molecule has 0 radical (unpaired) electrons. The van der Waals surface area contributed by atoms with Gasteiger partial charge in [0, 0.05) is 34.6 Å². The molecule has 150 valence electrons. The van der Waals surface area contributed by atoms with E-state index in [1.165, 1.54) is 0 Å². The molecule has 1 aliphatic rings. The smallest absolute Gasteiger partial charge is 0.254 e. The predicted molar refractivity (Wildman–Crippen MR) is 119 cm³/mol. The van der Waals surface area contributed by atoms with Crippen molar-refractivity contribution in [2.75, 3.05) is 13.1 Å². The van der Waals surface area contributed by atoms with Crippen molar-refractivity contribution < 1.29 is 9.32 Å². The molecule has 1 fully saturated rings. The van der Waals surface area contributed by atoms with Gasteiger partial charge in [-0.25, -0.2) is 0 Å². The van der Waals surface area contributed by atoms with Crippen molar-refractivity contribution in [2.45, 2.75) is 18.8 Å². The van der Waals surface area contributed by atoms with Crippen LogP contribution in [0.2, 0.25) is 0 Å². The number of hydrogen-bond acceptors (Lipinski definition) is 4. The van der Waals surface area contributed by atoms with Crippen molar-refractivity contribution >= 4 is 32.6 Å². The number of aromatic nitrogens is 2. The van der Waals surface area contributed by atoms with E-state index in [9.17, 15) is 4.79 Å². The number of benzene rings is 3. The van der Waals surface area contributed by atoms with Crippen LogP contribution in [-0.4, -0.2) is 34.0 Å². The normalized spacial score (nSPS) is 14.9. The molecule has 1 aliphatic heterocycles. The molecule has 4 aromatic rings. The Morgan fingerprint density at radius 3 is 2.50 bits per heavy atom. The lowest BCUT2D eigenvalue weighted by Gasteiger charge is -2.30. The summed E-state index contributed by atoms with van der Waals surface area (Å²) in [7, 11) is 0. The minimum Gasteiger partial charge on any atom is -0.339 e. The molecule has 0 spiro atoms. The number of rotatable bonds is 3. The van der Waals surface area contributed by atoms with Gasteiger partial charge in [-0.15, -0.1) is 0 Å². The minimum absolute atomic E-state index is 0.0892. The van der Waals surface area contributed by atoms with E-state index < -0.39 is 0 Å². The van der Waals surface area contributed by atoms with Gasteiger partial charge in [0.2, 0.25) is 11.7 Å². The molecule has 1 saturated heterocycles. The van der Waals surface area contributed by atoms with Crippen molar-refractivity contribution in [1.29, 1.82) is 0 Å². The highest BCUT2D eigenvalue weighted by atomic mass is 79.9. The van der Waals surface area contributed by atoms with Crippen LogP contribution in [0.5, 0.6) is 0 Å². The molecule has 1 aromatic heterocycles. The van der Waals surface area contributed by atoms with E-state index in [2.05, 4.69) is 26.1 Å². The van der Waals surface area contributed by atoms with Crippen LogP contribution in [0.15, 0.2) is 75.7 Å². The summed E-state index contributed by atoms with van der Waals surface area (Å²) in [5.74, 6) is 1.53. The van der Waals surface area contributed by atoms with Gasteiger partial charge < -0.3 is 9.42 Å². The van der Waals surface area contributed by atoms with E-state index in [0.717, 1.165) is 39.2 Å². The quantitative estimate of drug-likeness (QED) is 0.394. The number of nitrogens with zero attached hydrogens (tertiary/aromatic N) is 3. The number of carbonyl (C=O) groups is 1. The van der Waals surface area contributed by atoms with Crippen LogP contribution in [-0.2, 0) is 0 Å². The molecule has 6 heteroatoms. The SMILES string of the molecule is O=C(c1cccc2ccccc12)N1CCC(c2nc(-c3ccc(Br)cc3)no2)CC1. The van der Waals surface area contributed by atoms with E-state index >= 15 is 0 Å². The first-order valence-electron chi connectivity index (χ1n) is 10.1. The molecule has 5 nitrogen and oxygen atoms in total. The Labute approximate surface area is 182 Å². The first kappa shape index (κ1) is 19.0. The van der Waals surface area contributed by atoms with Crippen LogP contribution in [0.3, 0.4) is 0 Å². The topological polar surface area (TPSA) is 59.2 Å². The first-order valence-corrected chi connectivity index (χ1v) is 10.8. The number of halogens is 1. The molecule has 5 rings (SSSR count). The summed E-state index contributed by atoms with van der Waals surface area (Å²) in [6, 6.07) is 21.8. The molecule has 3 aromatic carbocycles. The third-order valence-corrected chi connectivity index (χ3v) is 6.22. The Morgan fingerprint density at radius 2 is 1.70 bits per heavy atom. The second-order valence-corrected chi connectivity index (χ2v) is 8.47. The van der Waals surface area contributed by atoms with Crippen molar-refractivity contribution in [3.05, 3.63) is 82.7 Å². The summed E-state index contributed by atoms with van der Waals surface area (Å²) in [4.78, 5) is 19.7. The van der Waals surface area contributed by atoms with Gasteiger partial charge in [0.1, 0.15) is 0 Å². The number of amides is 1. The summed E-state index contributed by atoms with van der Waals surface area (Å²) >= 11 is 3.44. The number of likely N-dealkylation sites (tertiary alicyclic amines) is 1. The maximum atomic E-state index is 13.1. The van der Waals surface area contributed by atoms with Crippen molar-refractivity contribution in [3.63, 3.8) is 0 Å². The number of hydrogen-bond donors (Lipinski definition) is 0. The molecule has 2 heterocycles. The lowest BCUT2D eigenvalue weighted by molar-refractivity contribution is 0.0706. The lowest BCUT2D eigenvalue weighted by atomic mass is 9.95. The van der Waals surface area contributed by atoms with Crippen molar-refractivity contribution in [2.24, 2.45) is 0 Å². The molecular weight excluding hydrogens is 442 g/mol. The zero-order chi connectivity index (χ0) is 20.5. The Balaban J connectivity index is 1.28. The largest absolute Gasteiger partial charge is 0.339 e. The predicted octanol–water partition coefficient (Wildman–Crippen LogP) is 5.67. The molecule has 0 saturated carbocycles. The van der Waals surface area contributed by atoms with Gasteiger partial charge in [0.05, 0.1) is 0 Å². The summed E-state index contributed by atoms with van der Waals surface area (Å²) in [6.45, 7) is 1.37. The lowest BCUT2D eigenvalue weighted by Crippen LogP contribution is -2.38. The third kappa shape index (κ3) is 3.63. The maximum Gasteiger partial charge on any atom is 0.254 e. The van der Waals surface area contributed by atoms with Crippen LogP contribution in [0.25, 0.3) is 22.2 Å². The highest BCUT2D eigenvalue weighted by molar-refractivity contribution is 9.10. The molecule has 30 heavy (non-hydrogen) atoms. The van der Waals surface area contributed by atoms with Gasteiger partial charge in [-0.05, 0) is 53.9 Å². The summed E-state index contributed by atoms with van der Waals surface area (Å²) in [6.07, 6.45) is 1.64. The fourth-order valence-corrected chi connectivity index (χ4v) is 4.29. The molecule has 0 unspecified atom stereocenters. The number of fused-ring (bicyclic) bond motifs is 1. The van der Waals surface area contributed by atoms with Gasteiger partial charge in [-0.1, -0.05) is 57.5 Å². The standard InChI is InChI=1S/C24H20BrN3O2/c25-19-10-8-17(9-11-19)22-26-23(30-27-22)18-12-14-28(15-13-18)24(29)21-7-3-5-16-4-1-2-6-20(16)21/h1-11,18H,12-15H2. The van der Waals surface area contributed by atoms with Crippen molar-refractivity contribution in [1.82, 2.24) is 15.0 Å². The summed E-state index contributed by atoms with van der Waals surface area (Å²) < 4.78 is 6.56. The maximum absolute atomic E-state index is 13.1. The number of piperidine rings is 1. The van der Waals surface area contributed by atoms with Gasteiger partial charge in [-0.3, -0.25) is 4.79 Å². The van der Waals surface area contributed by atoms with E-state index in [-0.39, 0.29) is 11.8 Å². The van der Waals surface area contributed by atoms with Gasteiger partial charge in [-0.2, -0.15) is 4.98 Å². The van der Waals surface area contributed by atoms with Gasteiger partial charge in [0.25, 0.3) is 5.91 Å². The summed E-state index contributed by atoms with van der Waals surface area (Å²) in [5.41, 5.74) is 1.69. The molecule has 1 amide bonds.